The lowest BCUT2D eigenvalue weighted by Gasteiger charge is -2.07. The molecule has 0 fully saturated rings. The summed E-state index contributed by atoms with van der Waals surface area (Å²) in [7, 11) is 0. The Morgan fingerprint density at radius 2 is 1.84 bits per heavy atom. The fourth-order valence-corrected chi connectivity index (χ4v) is 1.98. The Bertz CT molecular complexity index is 621. The van der Waals surface area contributed by atoms with Gasteiger partial charge in [-0.1, -0.05) is 36.4 Å². The Labute approximate surface area is 110 Å². The lowest BCUT2D eigenvalue weighted by Crippen LogP contribution is -2.02. The highest BCUT2D eigenvalue weighted by atomic mass is 16.6. The van der Waals surface area contributed by atoms with Crippen LogP contribution in [0.4, 0.5) is 5.69 Å². The molecule has 0 aliphatic rings. The van der Waals surface area contributed by atoms with Gasteiger partial charge in [0.25, 0.3) is 5.69 Å². The van der Waals surface area contributed by atoms with Crippen LogP contribution in [0.2, 0.25) is 0 Å². The molecule has 0 saturated carbocycles. The van der Waals surface area contributed by atoms with Crippen molar-refractivity contribution in [3.63, 3.8) is 0 Å². The summed E-state index contributed by atoms with van der Waals surface area (Å²) in [5.41, 5.74) is 2.24. The molecule has 0 saturated heterocycles. The lowest BCUT2D eigenvalue weighted by atomic mass is 9.97. The molecule has 0 spiro atoms. The van der Waals surface area contributed by atoms with Crippen LogP contribution in [-0.4, -0.2) is 10.7 Å². The monoisotopic (exact) mass is 255 g/mol. The minimum absolute atomic E-state index is 0.0537. The van der Waals surface area contributed by atoms with Gasteiger partial charge >= 0.3 is 0 Å². The molecule has 19 heavy (non-hydrogen) atoms. The third-order valence-corrected chi connectivity index (χ3v) is 2.92. The lowest BCUT2D eigenvalue weighted by molar-refractivity contribution is -0.384. The summed E-state index contributed by atoms with van der Waals surface area (Å²) in [4.78, 5) is 21.9. The molecular formula is C15H13NO3. The Kier molecular flexibility index (Phi) is 3.71. The molecule has 4 heteroatoms. The molecule has 0 atom stereocenters. The molecule has 0 heterocycles. The molecule has 0 bridgehead atoms. The van der Waals surface area contributed by atoms with E-state index in [-0.39, 0.29) is 11.5 Å². The first kappa shape index (κ1) is 13.0. The minimum atomic E-state index is -0.487. The Morgan fingerprint density at radius 1 is 1.16 bits per heavy atom. The normalized spacial score (nSPS) is 10.2. The van der Waals surface area contributed by atoms with Crippen molar-refractivity contribution >= 4 is 11.5 Å². The van der Waals surface area contributed by atoms with Gasteiger partial charge in [-0.25, -0.2) is 0 Å². The molecule has 0 aliphatic carbocycles. The number of nitro groups is 1. The second-order valence-electron chi connectivity index (χ2n) is 4.32. The number of hydrogen-bond acceptors (Lipinski definition) is 3. The predicted octanol–water partition coefficient (Wildman–Crippen LogP) is 3.39. The van der Waals surface area contributed by atoms with E-state index in [0.717, 1.165) is 11.1 Å². The predicted molar refractivity (Wildman–Crippen MR) is 72.3 cm³/mol. The van der Waals surface area contributed by atoms with E-state index in [4.69, 9.17) is 0 Å². The summed E-state index contributed by atoms with van der Waals surface area (Å²) in [5, 5.41) is 10.7. The SMILES string of the molecule is CC(=O)c1cc([N+](=O)[O-])ccc1Cc1ccccc1. The number of rotatable bonds is 4. The zero-order valence-electron chi connectivity index (χ0n) is 10.5. The van der Waals surface area contributed by atoms with Crippen molar-refractivity contribution in [3.8, 4) is 0 Å². The van der Waals surface area contributed by atoms with Crippen LogP contribution in [0.1, 0.15) is 28.4 Å². The minimum Gasteiger partial charge on any atom is -0.294 e. The van der Waals surface area contributed by atoms with E-state index in [9.17, 15) is 14.9 Å². The average molecular weight is 255 g/mol. The molecule has 96 valence electrons. The first-order valence-corrected chi connectivity index (χ1v) is 5.90. The first-order valence-electron chi connectivity index (χ1n) is 5.90. The third-order valence-electron chi connectivity index (χ3n) is 2.92. The molecule has 2 aromatic carbocycles. The first-order chi connectivity index (χ1) is 9.08. The van der Waals surface area contributed by atoms with Crippen molar-refractivity contribution in [3.05, 3.63) is 75.3 Å². The van der Waals surface area contributed by atoms with Crippen LogP contribution in [0, 0.1) is 10.1 Å². The van der Waals surface area contributed by atoms with Gasteiger partial charge in [0, 0.05) is 17.7 Å². The molecule has 0 N–H and O–H groups in total. The molecule has 0 amide bonds. The molecule has 2 aromatic rings. The van der Waals surface area contributed by atoms with Crippen LogP contribution in [0.15, 0.2) is 48.5 Å². The number of nitro benzene ring substituents is 1. The van der Waals surface area contributed by atoms with Crippen LogP contribution in [0.3, 0.4) is 0 Å². The molecular weight excluding hydrogens is 242 g/mol. The maximum atomic E-state index is 11.6. The number of ketones is 1. The van der Waals surface area contributed by atoms with E-state index in [0.29, 0.717) is 12.0 Å². The number of carbonyl (C=O) groups is 1. The highest BCUT2D eigenvalue weighted by Crippen LogP contribution is 2.21. The van der Waals surface area contributed by atoms with Crippen molar-refractivity contribution < 1.29 is 9.72 Å². The van der Waals surface area contributed by atoms with E-state index in [1.807, 2.05) is 30.3 Å². The van der Waals surface area contributed by atoms with Crippen LogP contribution < -0.4 is 0 Å². The van der Waals surface area contributed by atoms with E-state index >= 15 is 0 Å². The van der Waals surface area contributed by atoms with Gasteiger partial charge in [-0.15, -0.1) is 0 Å². The van der Waals surface area contributed by atoms with Gasteiger partial charge < -0.3 is 0 Å². The van der Waals surface area contributed by atoms with Gasteiger partial charge in [0.2, 0.25) is 0 Å². The van der Waals surface area contributed by atoms with Gasteiger partial charge in [-0.3, -0.25) is 14.9 Å². The zero-order chi connectivity index (χ0) is 13.8. The van der Waals surface area contributed by atoms with Gasteiger partial charge in [0.05, 0.1) is 4.92 Å². The Morgan fingerprint density at radius 3 is 2.42 bits per heavy atom. The Balaban J connectivity index is 2.40. The third kappa shape index (κ3) is 3.04. The second kappa shape index (κ2) is 5.44. The van der Waals surface area contributed by atoms with Crippen molar-refractivity contribution in [2.24, 2.45) is 0 Å². The van der Waals surface area contributed by atoms with Crippen molar-refractivity contribution in [2.75, 3.05) is 0 Å². The van der Waals surface area contributed by atoms with Crippen LogP contribution >= 0.6 is 0 Å². The maximum absolute atomic E-state index is 11.6. The van der Waals surface area contributed by atoms with E-state index in [1.54, 1.807) is 6.07 Å². The highest BCUT2D eigenvalue weighted by Gasteiger charge is 2.14. The number of nitrogens with zero attached hydrogens (tertiary/aromatic N) is 1. The second-order valence-corrected chi connectivity index (χ2v) is 4.32. The summed E-state index contributed by atoms with van der Waals surface area (Å²) in [6.45, 7) is 1.42. The van der Waals surface area contributed by atoms with Crippen molar-refractivity contribution in [1.29, 1.82) is 0 Å². The van der Waals surface area contributed by atoms with Crippen LogP contribution in [0.25, 0.3) is 0 Å². The molecule has 4 nitrogen and oxygen atoms in total. The number of benzene rings is 2. The number of non-ortho nitro benzene ring substituents is 1. The van der Waals surface area contributed by atoms with Crippen molar-refractivity contribution in [2.45, 2.75) is 13.3 Å². The molecule has 0 aromatic heterocycles. The summed E-state index contributed by atoms with van der Waals surface area (Å²) in [6, 6.07) is 14.1. The number of hydrogen-bond donors (Lipinski definition) is 0. The smallest absolute Gasteiger partial charge is 0.270 e. The standard InChI is InChI=1S/C15H13NO3/c1-11(17)15-10-14(16(18)19)8-7-13(15)9-12-5-3-2-4-6-12/h2-8,10H,9H2,1H3. The summed E-state index contributed by atoms with van der Waals surface area (Å²) in [5.74, 6) is -0.158. The summed E-state index contributed by atoms with van der Waals surface area (Å²) < 4.78 is 0. The van der Waals surface area contributed by atoms with Gasteiger partial charge in [-0.2, -0.15) is 0 Å². The maximum Gasteiger partial charge on any atom is 0.270 e. The summed E-state index contributed by atoms with van der Waals surface area (Å²) >= 11 is 0. The van der Waals surface area contributed by atoms with Crippen molar-refractivity contribution in [1.82, 2.24) is 0 Å². The van der Waals surface area contributed by atoms with E-state index < -0.39 is 4.92 Å². The van der Waals surface area contributed by atoms with Crippen LogP contribution in [-0.2, 0) is 6.42 Å². The molecule has 0 radical (unpaired) electrons. The topological polar surface area (TPSA) is 60.2 Å². The number of Topliss-reactive ketones (excluding diaryl/α,β-unsaturated/α-hetero) is 1. The summed E-state index contributed by atoms with van der Waals surface area (Å²) in [6.07, 6.45) is 0.591. The zero-order valence-corrected chi connectivity index (χ0v) is 10.5. The fraction of sp³-hybridized carbons (Fsp3) is 0.133. The van der Waals surface area contributed by atoms with Gasteiger partial charge in [-0.05, 0) is 24.5 Å². The Hall–Kier alpha value is -2.49. The van der Waals surface area contributed by atoms with Gasteiger partial charge in [0.15, 0.2) is 5.78 Å². The molecule has 2 rings (SSSR count). The van der Waals surface area contributed by atoms with Crippen LogP contribution in [0.5, 0.6) is 0 Å². The largest absolute Gasteiger partial charge is 0.294 e. The highest BCUT2D eigenvalue weighted by molar-refractivity contribution is 5.96. The fourth-order valence-electron chi connectivity index (χ4n) is 1.98. The molecule has 0 aliphatic heterocycles. The quantitative estimate of drug-likeness (QED) is 0.478. The average Bonchev–Trinajstić information content (AvgIpc) is 2.39. The number of carbonyl (C=O) groups excluding carboxylic acids is 1. The van der Waals surface area contributed by atoms with E-state index in [2.05, 4.69) is 0 Å². The molecule has 0 unspecified atom stereocenters. The van der Waals surface area contributed by atoms with E-state index in [1.165, 1.54) is 19.1 Å². The van der Waals surface area contributed by atoms with Gasteiger partial charge in [0.1, 0.15) is 0 Å².